The molecule has 4 heteroatoms. The maximum absolute atomic E-state index is 12.3. The van der Waals surface area contributed by atoms with Crippen LogP contribution in [0.25, 0.3) is 0 Å². The molecule has 0 heterocycles. The SMILES string of the molecule is CCOc1ccccc1N[C@@H](C)C(=O)Nc1ccc(C)cc1. The Hall–Kier alpha value is -2.49. The number of aryl methyl sites for hydroxylation is 1. The molecule has 116 valence electrons. The summed E-state index contributed by atoms with van der Waals surface area (Å²) in [5, 5.41) is 6.09. The largest absolute Gasteiger partial charge is 0.492 e. The molecule has 0 saturated carbocycles. The third-order valence-electron chi connectivity index (χ3n) is 3.27. The van der Waals surface area contributed by atoms with Crippen LogP contribution >= 0.6 is 0 Å². The Morgan fingerprint density at radius 3 is 2.50 bits per heavy atom. The van der Waals surface area contributed by atoms with Gasteiger partial charge in [0, 0.05) is 5.69 Å². The molecule has 2 rings (SSSR count). The quantitative estimate of drug-likeness (QED) is 0.852. The summed E-state index contributed by atoms with van der Waals surface area (Å²) in [5.74, 6) is 0.662. The van der Waals surface area contributed by atoms with Crippen LogP contribution in [0.15, 0.2) is 48.5 Å². The van der Waals surface area contributed by atoms with Gasteiger partial charge in [-0.25, -0.2) is 0 Å². The smallest absolute Gasteiger partial charge is 0.246 e. The van der Waals surface area contributed by atoms with E-state index in [-0.39, 0.29) is 11.9 Å². The molecule has 0 radical (unpaired) electrons. The molecule has 0 aromatic heterocycles. The van der Waals surface area contributed by atoms with Crippen LogP contribution in [-0.4, -0.2) is 18.6 Å². The normalized spacial score (nSPS) is 11.6. The van der Waals surface area contributed by atoms with Gasteiger partial charge in [0.05, 0.1) is 12.3 Å². The van der Waals surface area contributed by atoms with Crippen LogP contribution < -0.4 is 15.4 Å². The summed E-state index contributed by atoms with van der Waals surface area (Å²) in [6.45, 7) is 6.36. The van der Waals surface area contributed by atoms with Crippen LogP contribution in [0.3, 0.4) is 0 Å². The topological polar surface area (TPSA) is 50.4 Å². The highest BCUT2D eigenvalue weighted by molar-refractivity contribution is 5.96. The van der Waals surface area contributed by atoms with Crippen molar-refractivity contribution in [3.8, 4) is 5.75 Å². The van der Waals surface area contributed by atoms with E-state index in [1.165, 1.54) is 0 Å². The summed E-state index contributed by atoms with van der Waals surface area (Å²) >= 11 is 0. The fourth-order valence-corrected chi connectivity index (χ4v) is 2.05. The molecule has 1 atom stereocenters. The first-order valence-corrected chi connectivity index (χ1v) is 7.46. The van der Waals surface area contributed by atoms with Crippen molar-refractivity contribution in [2.24, 2.45) is 0 Å². The summed E-state index contributed by atoms with van der Waals surface area (Å²) < 4.78 is 5.55. The summed E-state index contributed by atoms with van der Waals surface area (Å²) in [5.41, 5.74) is 2.77. The van der Waals surface area contributed by atoms with Gasteiger partial charge >= 0.3 is 0 Å². The van der Waals surface area contributed by atoms with E-state index < -0.39 is 0 Å². The monoisotopic (exact) mass is 298 g/mol. The zero-order chi connectivity index (χ0) is 15.9. The van der Waals surface area contributed by atoms with Crippen LogP contribution in [0.2, 0.25) is 0 Å². The molecule has 0 aliphatic rings. The summed E-state index contributed by atoms with van der Waals surface area (Å²) in [6, 6.07) is 15.0. The lowest BCUT2D eigenvalue weighted by Crippen LogP contribution is -2.32. The van der Waals surface area contributed by atoms with Gasteiger partial charge < -0.3 is 15.4 Å². The number of anilines is 2. The maximum atomic E-state index is 12.3. The second kappa shape index (κ2) is 7.50. The molecular weight excluding hydrogens is 276 g/mol. The predicted octanol–water partition coefficient (Wildman–Crippen LogP) is 3.83. The van der Waals surface area contributed by atoms with Crippen LogP contribution in [0.1, 0.15) is 19.4 Å². The molecule has 2 N–H and O–H groups in total. The van der Waals surface area contributed by atoms with E-state index in [0.29, 0.717) is 6.61 Å². The zero-order valence-corrected chi connectivity index (χ0v) is 13.2. The van der Waals surface area contributed by atoms with Gasteiger partial charge in [0.25, 0.3) is 0 Å². The van der Waals surface area contributed by atoms with Gasteiger partial charge in [-0.2, -0.15) is 0 Å². The third kappa shape index (κ3) is 4.25. The Morgan fingerprint density at radius 2 is 1.82 bits per heavy atom. The molecule has 0 saturated heterocycles. The minimum atomic E-state index is -0.372. The second-order valence-corrected chi connectivity index (χ2v) is 5.15. The standard InChI is InChI=1S/C18H22N2O2/c1-4-22-17-8-6-5-7-16(17)19-14(3)18(21)20-15-11-9-13(2)10-12-15/h5-12,14,19H,4H2,1-3H3,(H,20,21)/t14-/m0/s1. The number of para-hydroxylation sites is 2. The van der Waals surface area contributed by atoms with Gasteiger partial charge in [-0.05, 0) is 45.0 Å². The molecule has 2 aromatic carbocycles. The van der Waals surface area contributed by atoms with Crippen molar-refractivity contribution >= 4 is 17.3 Å². The molecule has 0 unspecified atom stereocenters. The number of benzene rings is 2. The number of hydrogen-bond donors (Lipinski definition) is 2. The summed E-state index contributed by atoms with van der Waals surface area (Å²) in [4.78, 5) is 12.3. The van der Waals surface area contributed by atoms with Gasteiger partial charge in [0.2, 0.25) is 5.91 Å². The van der Waals surface area contributed by atoms with Crippen molar-refractivity contribution in [2.75, 3.05) is 17.2 Å². The number of ether oxygens (including phenoxy) is 1. The van der Waals surface area contributed by atoms with Gasteiger partial charge in [-0.15, -0.1) is 0 Å². The molecule has 0 bridgehead atoms. The second-order valence-electron chi connectivity index (χ2n) is 5.15. The van der Waals surface area contributed by atoms with Crippen LogP contribution in [0.4, 0.5) is 11.4 Å². The van der Waals surface area contributed by atoms with Gasteiger partial charge in [-0.3, -0.25) is 4.79 Å². The number of carbonyl (C=O) groups excluding carboxylic acids is 1. The van der Waals surface area contributed by atoms with Crippen molar-refractivity contribution in [1.82, 2.24) is 0 Å². The molecule has 0 fully saturated rings. The first kappa shape index (κ1) is 15.9. The highest BCUT2D eigenvalue weighted by atomic mass is 16.5. The fraction of sp³-hybridized carbons (Fsp3) is 0.278. The number of hydrogen-bond acceptors (Lipinski definition) is 3. The average molecular weight is 298 g/mol. The lowest BCUT2D eigenvalue weighted by Gasteiger charge is -2.18. The van der Waals surface area contributed by atoms with E-state index in [1.807, 2.05) is 69.3 Å². The number of rotatable bonds is 6. The molecule has 0 spiro atoms. The highest BCUT2D eigenvalue weighted by Crippen LogP contribution is 2.24. The number of nitrogens with one attached hydrogen (secondary N) is 2. The molecular formula is C18H22N2O2. The molecule has 0 aliphatic heterocycles. The predicted molar refractivity (Wildman–Crippen MR) is 90.5 cm³/mol. The van der Waals surface area contributed by atoms with Crippen molar-refractivity contribution in [1.29, 1.82) is 0 Å². The van der Waals surface area contributed by atoms with Gasteiger partial charge in [0.1, 0.15) is 11.8 Å². The number of amides is 1. The van der Waals surface area contributed by atoms with Crippen molar-refractivity contribution in [2.45, 2.75) is 26.8 Å². The van der Waals surface area contributed by atoms with E-state index in [0.717, 1.165) is 22.7 Å². The zero-order valence-electron chi connectivity index (χ0n) is 13.2. The van der Waals surface area contributed by atoms with E-state index in [1.54, 1.807) is 0 Å². The maximum Gasteiger partial charge on any atom is 0.246 e. The van der Waals surface area contributed by atoms with E-state index >= 15 is 0 Å². The summed E-state index contributed by atoms with van der Waals surface area (Å²) in [7, 11) is 0. The van der Waals surface area contributed by atoms with Crippen molar-refractivity contribution in [3.05, 3.63) is 54.1 Å². The molecule has 22 heavy (non-hydrogen) atoms. The minimum Gasteiger partial charge on any atom is -0.492 e. The van der Waals surface area contributed by atoms with Crippen LogP contribution in [-0.2, 0) is 4.79 Å². The fourth-order valence-electron chi connectivity index (χ4n) is 2.05. The third-order valence-corrected chi connectivity index (χ3v) is 3.27. The number of carbonyl (C=O) groups is 1. The molecule has 0 aliphatic carbocycles. The Labute approximate surface area is 131 Å². The van der Waals surface area contributed by atoms with E-state index in [2.05, 4.69) is 10.6 Å². The molecule has 1 amide bonds. The molecule has 4 nitrogen and oxygen atoms in total. The Balaban J connectivity index is 2.00. The van der Waals surface area contributed by atoms with E-state index in [9.17, 15) is 4.79 Å². The van der Waals surface area contributed by atoms with Crippen LogP contribution in [0.5, 0.6) is 5.75 Å². The lowest BCUT2D eigenvalue weighted by atomic mass is 10.2. The van der Waals surface area contributed by atoms with Gasteiger partial charge in [-0.1, -0.05) is 29.8 Å². The molecule has 2 aromatic rings. The Bertz CT molecular complexity index is 623. The summed E-state index contributed by atoms with van der Waals surface area (Å²) in [6.07, 6.45) is 0. The first-order valence-electron chi connectivity index (χ1n) is 7.46. The van der Waals surface area contributed by atoms with Crippen molar-refractivity contribution < 1.29 is 9.53 Å². The minimum absolute atomic E-state index is 0.0878. The van der Waals surface area contributed by atoms with Gasteiger partial charge in [0.15, 0.2) is 0 Å². The highest BCUT2D eigenvalue weighted by Gasteiger charge is 2.14. The lowest BCUT2D eigenvalue weighted by molar-refractivity contribution is -0.116. The Morgan fingerprint density at radius 1 is 1.14 bits per heavy atom. The van der Waals surface area contributed by atoms with Crippen LogP contribution in [0, 0.1) is 6.92 Å². The Kier molecular flexibility index (Phi) is 5.42. The van der Waals surface area contributed by atoms with Crippen molar-refractivity contribution in [3.63, 3.8) is 0 Å². The average Bonchev–Trinajstić information content (AvgIpc) is 2.51. The first-order chi connectivity index (χ1) is 10.6. The van der Waals surface area contributed by atoms with E-state index in [4.69, 9.17) is 4.74 Å².